The molecule has 4 rings (SSSR count). The number of benzene rings is 1. The highest BCUT2D eigenvalue weighted by atomic mass is 16.5. The van der Waals surface area contributed by atoms with Crippen LogP contribution in [0.5, 0.6) is 0 Å². The van der Waals surface area contributed by atoms with Gasteiger partial charge in [0.1, 0.15) is 6.04 Å². The van der Waals surface area contributed by atoms with Crippen LogP contribution in [0.3, 0.4) is 0 Å². The van der Waals surface area contributed by atoms with Crippen LogP contribution in [-0.4, -0.2) is 55.3 Å². The van der Waals surface area contributed by atoms with Crippen molar-refractivity contribution in [3.63, 3.8) is 0 Å². The molecule has 1 aliphatic rings. The predicted octanol–water partition coefficient (Wildman–Crippen LogP) is 2.14. The normalized spacial score (nSPS) is 17.7. The smallest absolute Gasteiger partial charge is 0.325 e. The maximum Gasteiger partial charge on any atom is 0.325 e. The summed E-state index contributed by atoms with van der Waals surface area (Å²) in [4.78, 5) is 46.9. The van der Waals surface area contributed by atoms with Crippen molar-refractivity contribution in [3.05, 3.63) is 77.2 Å². The minimum atomic E-state index is -1.06. The number of likely N-dealkylation sites (N-methyl/N-ethyl adjacent to an activating group) is 1. The Bertz CT molecular complexity index is 1380. The Hall–Kier alpha value is -4.41. The number of hydrogen-bond acceptors (Lipinski definition) is 6. The van der Waals surface area contributed by atoms with Crippen LogP contribution >= 0.6 is 0 Å². The van der Waals surface area contributed by atoms with Crippen molar-refractivity contribution in [2.75, 3.05) is 11.9 Å². The van der Waals surface area contributed by atoms with Crippen molar-refractivity contribution in [1.82, 2.24) is 24.5 Å². The van der Waals surface area contributed by atoms with E-state index in [1.54, 1.807) is 44.0 Å². The molecule has 194 valence electrons. The van der Waals surface area contributed by atoms with Gasteiger partial charge < -0.3 is 15.1 Å². The number of urea groups is 1. The number of carbonyl (C=O) groups excluding carboxylic acids is 3. The SMILES string of the molecule is CCC(NC(=O)N1C(=O)[C@H](Cc2cc(C)n(O)c(=N)c2)[C@H]1C(=O)N(C)c1nccn1C)c1ccccc1. The number of likely N-dealkylation sites (tertiary alicyclic amines) is 1. The summed E-state index contributed by atoms with van der Waals surface area (Å²) in [7, 11) is 3.31. The van der Waals surface area contributed by atoms with Gasteiger partial charge in [-0.1, -0.05) is 37.3 Å². The van der Waals surface area contributed by atoms with Crippen molar-refractivity contribution in [1.29, 1.82) is 5.41 Å². The average molecular weight is 506 g/mol. The van der Waals surface area contributed by atoms with Crippen LogP contribution in [0, 0.1) is 18.3 Å². The van der Waals surface area contributed by atoms with Crippen LogP contribution in [-0.2, 0) is 23.1 Å². The average Bonchev–Trinajstić information content (AvgIpc) is 3.32. The predicted molar refractivity (Wildman–Crippen MR) is 135 cm³/mol. The van der Waals surface area contributed by atoms with Crippen molar-refractivity contribution < 1.29 is 19.6 Å². The Kier molecular flexibility index (Phi) is 7.14. The van der Waals surface area contributed by atoms with E-state index < -0.39 is 29.8 Å². The van der Waals surface area contributed by atoms with E-state index in [0.29, 0.717) is 23.6 Å². The highest BCUT2D eigenvalue weighted by Gasteiger charge is 2.55. The number of nitrogens with one attached hydrogen (secondary N) is 2. The zero-order valence-corrected chi connectivity index (χ0v) is 21.3. The first kappa shape index (κ1) is 25.7. The molecule has 3 heterocycles. The molecule has 0 saturated carbocycles. The van der Waals surface area contributed by atoms with E-state index in [9.17, 15) is 19.6 Å². The van der Waals surface area contributed by atoms with Crippen molar-refractivity contribution >= 4 is 23.8 Å². The standard InChI is InChI=1S/C26H31N7O4/c1-5-20(18-9-7-6-8-10-18)29-26(36)32-22(24(35)31(4)25-28-11-12-30(25)3)19(23(32)34)14-17-13-16(2)33(37)21(27)15-17/h6-13,15,19-20,22,27,37H,5,14H2,1-4H3,(H,29,36)/t19-,20?,22+/m1/s1. The number of carbonyl (C=O) groups is 3. The van der Waals surface area contributed by atoms with E-state index in [-0.39, 0.29) is 18.0 Å². The molecule has 0 spiro atoms. The fourth-order valence-corrected chi connectivity index (χ4v) is 4.73. The third-order valence-corrected chi connectivity index (χ3v) is 6.75. The summed E-state index contributed by atoms with van der Waals surface area (Å²) in [5.74, 6) is -1.36. The Balaban J connectivity index is 1.63. The number of pyridine rings is 1. The third kappa shape index (κ3) is 4.84. The second-order valence-electron chi connectivity index (χ2n) is 9.22. The molecule has 0 radical (unpaired) electrons. The van der Waals surface area contributed by atoms with E-state index in [0.717, 1.165) is 15.2 Å². The molecule has 3 atom stereocenters. The van der Waals surface area contributed by atoms with E-state index in [1.807, 2.05) is 37.3 Å². The Labute approximate surface area is 214 Å². The molecule has 0 aliphatic carbocycles. The van der Waals surface area contributed by atoms with Crippen molar-refractivity contribution in [2.45, 2.75) is 38.8 Å². The lowest BCUT2D eigenvalue weighted by atomic mass is 9.81. The maximum absolute atomic E-state index is 13.7. The van der Waals surface area contributed by atoms with Crippen LogP contribution in [0.25, 0.3) is 0 Å². The lowest BCUT2D eigenvalue weighted by Crippen LogP contribution is -2.70. The fourth-order valence-electron chi connectivity index (χ4n) is 4.73. The zero-order chi connectivity index (χ0) is 26.9. The minimum absolute atomic E-state index is 0.136. The molecule has 3 aromatic rings. The summed E-state index contributed by atoms with van der Waals surface area (Å²) in [5, 5.41) is 20.7. The zero-order valence-electron chi connectivity index (χ0n) is 21.3. The molecule has 4 amide bonds. The Morgan fingerprint density at radius 3 is 2.54 bits per heavy atom. The third-order valence-electron chi connectivity index (χ3n) is 6.75. The fraction of sp³-hybridized carbons (Fsp3) is 0.346. The second-order valence-corrected chi connectivity index (χ2v) is 9.22. The van der Waals surface area contributed by atoms with Gasteiger partial charge in [0.2, 0.25) is 11.9 Å². The lowest BCUT2D eigenvalue weighted by molar-refractivity contribution is -0.156. The van der Waals surface area contributed by atoms with Crippen LogP contribution in [0.2, 0.25) is 0 Å². The van der Waals surface area contributed by atoms with Crippen LogP contribution in [0.4, 0.5) is 10.7 Å². The summed E-state index contributed by atoms with van der Waals surface area (Å²) in [6.07, 6.45) is 4.00. The number of aromatic nitrogens is 3. The number of amides is 4. The topological polar surface area (TPSA) is 137 Å². The molecule has 11 nitrogen and oxygen atoms in total. The highest BCUT2D eigenvalue weighted by molar-refractivity contribution is 6.12. The Morgan fingerprint density at radius 1 is 1.24 bits per heavy atom. The van der Waals surface area contributed by atoms with Crippen molar-refractivity contribution in [3.8, 4) is 0 Å². The summed E-state index contributed by atoms with van der Waals surface area (Å²) in [6.45, 7) is 3.57. The number of anilines is 1. The first-order valence-electron chi connectivity index (χ1n) is 12.0. The maximum atomic E-state index is 13.7. The molecular weight excluding hydrogens is 474 g/mol. The molecule has 1 saturated heterocycles. The van der Waals surface area contributed by atoms with Crippen LogP contribution < -0.4 is 15.7 Å². The largest absolute Gasteiger partial charge is 0.427 e. The highest BCUT2D eigenvalue weighted by Crippen LogP contribution is 2.33. The molecule has 1 unspecified atom stereocenters. The minimum Gasteiger partial charge on any atom is -0.427 e. The van der Waals surface area contributed by atoms with Gasteiger partial charge in [-0.2, -0.15) is 4.73 Å². The molecule has 0 bridgehead atoms. The number of hydrogen-bond donors (Lipinski definition) is 3. The molecule has 37 heavy (non-hydrogen) atoms. The summed E-state index contributed by atoms with van der Waals surface area (Å²) >= 11 is 0. The molecule has 2 aromatic heterocycles. The molecular formula is C26H31N7O4. The van der Waals surface area contributed by atoms with Gasteiger partial charge in [-0.3, -0.25) is 24.8 Å². The van der Waals surface area contributed by atoms with Gasteiger partial charge in [0.15, 0.2) is 5.49 Å². The van der Waals surface area contributed by atoms with E-state index >= 15 is 0 Å². The molecule has 1 aliphatic heterocycles. The van der Waals surface area contributed by atoms with Gasteiger partial charge in [0.05, 0.1) is 17.7 Å². The monoisotopic (exact) mass is 505 g/mol. The summed E-state index contributed by atoms with van der Waals surface area (Å²) < 4.78 is 2.41. The lowest BCUT2D eigenvalue weighted by Gasteiger charge is -2.45. The molecule has 11 heteroatoms. The van der Waals surface area contributed by atoms with Gasteiger partial charge in [-0.15, -0.1) is 0 Å². The molecule has 1 aromatic carbocycles. The van der Waals surface area contributed by atoms with Crippen LogP contribution in [0.1, 0.15) is 36.2 Å². The number of β-lactam (4-membered cyclic amide) rings is 1. The number of imide groups is 1. The number of nitrogens with zero attached hydrogens (tertiary/aromatic N) is 5. The van der Waals surface area contributed by atoms with Gasteiger partial charge in [0, 0.05) is 26.5 Å². The molecule has 1 fully saturated rings. The first-order chi connectivity index (χ1) is 17.6. The Morgan fingerprint density at radius 2 is 1.95 bits per heavy atom. The number of aryl methyl sites for hydroxylation is 2. The van der Waals surface area contributed by atoms with Gasteiger partial charge in [-0.25, -0.2) is 9.78 Å². The number of imidazole rings is 1. The first-order valence-corrected chi connectivity index (χ1v) is 12.0. The summed E-state index contributed by atoms with van der Waals surface area (Å²) in [5.41, 5.74) is 1.79. The molecule has 3 N–H and O–H groups in total. The summed E-state index contributed by atoms with van der Waals surface area (Å²) in [6, 6.07) is 10.5. The van der Waals surface area contributed by atoms with Gasteiger partial charge >= 0.3 is 6.03 Å². The van der Waals surface area contributed by atoms with Gasteiger partial charge in [-0.05, 0) is 43.0 Å². The quantitative estimate of drug-likeness (QED) is 0.334. The van der Waals surface area contributed by atoms with Crippen molar-refractivity contribution in [2.24, 2.45) is 13.0 Å². The van der Waals surface area contributed by atoms with E-state index in [1.165, 1.54) is 11.0 Å². The van der Waals surface area contributed by atoms with Gasteiger partial charge in [0.25, 0.3) is 5.91 Å². The van der Waals surface area contributed by atoms with E-state index in [4.69, 9.17) is 5.41 Å². The number of rotatable bonds is 7. The van der Waals surface area contributed by atoms with Crippen LogP contribution in [0.15, 0.2) is 54.9 Å². The van der Waals surface area contributed by atoms with E-state index in [2.05, 4.69) is 10.3 Å². The second kappa shape index (κ2) is 10.3.